The van der Waals surface area contributed by atoms with E-state index >= 15 is 0 Å². The van der Waals surface area contributed by atoms with Gasteiger partial charge in [0, 0.05) is 92.3 Å². The standard InChI is InChI=1S/3C15H21BN6.Fe.I/c3*1-7-13(8(2)18-17-7)16(14-9(3)19-20-10(14)4)15-11(5)21-22-12(15)6;;/h3*1-6H3,(H,17,18)(H,19,20)(H,21,22);;. The number of rotatable bonds is 9. The van der Waals surface area contributed by atoms with Gasteiger partial charge in [-0.15, -0.1) is 0 Å². The molecule has 0 atom stereocenters. The van der Waals surface area contributed by atoms with E-state index in [0.29, 0.717) is 0 Å². The van der Waals surface area contributed by atoms with Gasteiger partial charge < -0.3 is 0 Å². The van der Waals surface area contributed by atoms with E-state index in [2.05, 4.69) is 154 Å². The second kappa shape index (κ2) is 21.3. The molecule has 0 fully saturated rings. The number of nitrogens with one attached hydrogen (secondary N) is 9. The Kier molecular flexibility index (Phi) is 16.7. The van der Waals surface area contributed by atoms with Crippen molar-refractivity contribution in [2.45, 2.75) is 125 Å². The van der Waals surface area contributed by atoms with Crippen LogP contribution in [0.4, 0.5) is 0 Å². The molecule has 68 heavy (non-hydrogen) atoms. The van der Waals surface area contributed by atoms with Gasteiger partial charge in [0.25, 0.3) is 20.1 Å². The number of halogens is 1. The molecule has 0 amide bonds. The van der Waals surface area contributed by atoms with Crippen molar-refractivity contribution >= 4 is 93.3 Å². The molecule has 0 spiro atoms. The van der Waals surface area contributed by atoms with Crippen LogP contribution >= 0.6 is 24.0 Å². The van der Waals surface area contributed by atoms with Crippen LogP contribution in [-0.2, 0) is 17.1 Å². The maximum Gasteiger partial charge on any atom is 0.255 e. The molecule has 0 aliphatic carbocycles. The summed E-state index contributed by atoms with van der Waals surface area (Å²) in [5, 5.41) is 67.5. The second-order valence-corrected chi connectivity index (χ2v) is 17.9. The van der Waals surface area contributed by atoms with Crippen molar-refractivity contribution in [2.75, 3.05) is 0 Å². The van der Waals surface area contributed by atoms with Crippen molar-refractivity contribution in [3.63, 3.8) is 0 Å². The fourth-order valence-electron chi connectivity index (χ4n) is 10.2. The van der Waals surface area contributed by atoms with Crippen LogP contribution in [0.25, 0.3) is 0 Å². The molecule has 9 aromatic heterocycles. The van der Waals surface area contributed by atoms with Crippen LogP contribution in [0.5, 0.6) is 0 Å². The van der Waals surface area contributed by atoms with E-state index in [1.54, 1.807) is 0 Å². The van der Waals surface area contributed by atoms with Crippen LogP contribution in [0.3, 0.4) is 0 Å². The third-order valence-electron chi connectivity index (χ3n) is 13.3. The van der Waals surface area contributed by atoms with Crippen molar-refractivity contribution in [3.8, 4) is 0 Å². The maximum atomic E-state index is 4.39. The number of aryl methyl sites for hydroxylation is 18. The van der Waals surface area contributed by atoms with Crippen LogP contribution in [-0.4, -0.2) is 112 Å². The van der Waals surface area contributed by atoms with E-state index in [4.69, 9.17) is 0 Å². The van der Waals surface area contributed by atoms with Gasteiger partial charge in [-0.3, -0.25) is 45.9 Å². The van der Waals surface area contributed by atoms with Gasteiger partial charge in [0.2, 0.25) is 0 Å². The largest absolute Gasteiger partial charge is 0.283 e. The van der Waals surface area contributed by atoms with Crippen LogP contribution in [0.2, 0.25) is 0 Å². The fourth-order valence-corrected chi connectivity index (χ4v) is 10.2. The summed E-state index contributed by atoms with van der Waals surface area (Å²) < 4.78 is 0. The summed E-state index contributed by atoms with van der Waals surface area (Å²) in [5.74, 6) is 0. The summed E-state index contributed by atoms with van der Waals surface area (Å²) >= 11 is 0. The fraction of sp³-hybridized carbons (Fsp3) is 0.400. The molecule has 0 aromatic carbocycles. The average Bonchev–Trinajstić information content (AvgIpc) is 4.18. The summed E-state index contributed by atoms with van der Waals surface area (Å²) in [4.78, 5) is 0. The van der Waals surface area contributed by atoms with Crippen molar-refractivity contribution < 1.29 is 17.1 Å². The molecule has 23 heteroatoms. The van der Waals surface area contributed by atoms with Crippen LogP contribution < -0.4 is 49.2 Å². The minimum Gasteiger partial charge on any atom is -0.283 e. The molecule has 0 bridgehead atoms. The number of H-pyrrole nitrogens is 9. The molecule has 1 radical (unpaired) electrons. The molecule has 0 saturated heterocycles. The normalized spacial score (nSPS) is 10.9. The van der Waals surface area contributed by atoms with Gasteiger partial charge in [0.15, 0.2) is 0 Å². The van der Waals surface area contributed by atoms with Crippen LogP contribution in [0, 0.1) is 125 Å². The van der Waals surface area contributed by atoms with Gasteiger partial charge in [-0.25, -0.2) is 0 Å². The van der Waals surface area contributed by atoms with E-state index in [0.717, 1.165) is 102 Å². The molecule has 357 valence electrons. The van der Waals surface area contributed by atoms with Gasteiger partial charge in [-0.2, -0.15) is 45.9 Å². The molecular weight excluding hydrogens is 1010 g/mol. The van der Waals surface area contributed by atoms with E-state index in [1.807, 2.05) is 62.3 Å². The average molecular weight is 1070 g/mol. The Labute approximate surface area is 426 Å². The minimum absolute atomic E-state index is 0. The first-order chi connectivity index (χ1) is 31.2. The molecular formula is C45H63B3FeIN18. The van der Waals surface area contributed by atoms with Crippen molar-refractivity contribution in [3.05, 3.63) is 102 Å². The number of hydrogen-bond donors (Lipinski definition) is 9. The Morgan fingerprint density at radius 3 is 0.353 bits per heavy atom. The summed E-state index contributed by atoms with van der Waals surface area (Å²) in [6.07, 6.45) is 0. The molecule has 9 N–H and O–H groups in total. The molecule has 9 rings (SSSR count). The number of nitrogens with zero attached hydrogens (tertiary/aromatic N) is 9. The minimum atomic E-state index is 0. The Morgan fingerprint density at radius 1 is 0.206 bits per heavy atom. The summed E-state index contributed by atoms with van der Waals surface area (Å²) in [6.45, 7) is 37.2. The van der Waals surface area contributed by atoms with Gasteiger partial charge >= 0.3 is 0 Å². The predicted octanol–water partition coefficient (Wildman–Crippen LogP) is 1.55. The van der Waals surface area contributed by atoms with E-state index in [-0.39, 0.29) is 61.2 Å². The SMILES string of the molecule is Cc1n[nH]c(C)c1B(c1c(C)n[nH]c1C)c1c(C)n[nH]c1C.Cc1n[nH]c(C)c1B(c1c(C)n[nH]c1C)c1c(C)n[nH]c1C.Cc1n[nH]c(C)c1B(c1c(C)n[nH]c1C)c1c(C)n[nH]c1C.[Fe].[I]. The third-order valence-corrected chi connectivity index (χ3v) is 13.3. The first-order valence-electron chi connectivity index (χ1n) is 22.4. The Bertz CT molecular complexity index is 2320. The van der Waals surface area contributed by atoms with Gasteiger partial charge in [0.05, 0.1) is 51.2 Å². The van der Waals surface area contributed by atoms with Crippen molar-refractivity contribution in [1.29, 1.82) is 0 Å². The van der Waals surface area contributed by atoms with E-state index in [1.165, 1.54) is 49.2 Å². The predicted molar refractivity (Wildman–Crippen MR) is 281 cm³/mol. The van der Waals surface area contributed by atoms with E-state index in [9.17, 15) is 0 Å². The molecule has 0 saturated carbocycles. The molecule has 18 nitrogen and oxygen atoms in total. The molecule has 0 aliphatic rings. The Morgan fingerprint density at radius 2 is 0.294 bits per heavy atom. The van der Waals surface area contributed by atoms with Gasteiger partial charge in [-0.1, -0.05) is 0 Å². The first kappa shape index (κ1) is 53.3. The maximum absolute atomic E-state index is 4.39. The van der Waals surface area contributed by atoms with Gasteiger partial charge in [0.1, 0.15) is 0 Å². The zero-order valence-corrected chi connectivity index (χ0v) is 45.8. The monoisotopic (exact) mass is 1070 g/mol. The molecule has 0 unspecified atom stereocenters. The number of aromatic nitrogens is 18. The quantitative estimate of drug-likeness (QED) is 0.0750. The Balaban J connectivity index is 0.000000188. The molecule has 9 heterocycles. The third kappa shape index (κ3) is 9.79. The topological polar surface area (TPSA) is 258 Å². The Hall–Kier alpha value is -5.67. The number of hydrogen-bond acceptors (Lipinski definition) is 9. The van der Waals surface area contributed by atoms with Crippen LogP contribution in [0.15, 0.2) is 0 Å². The summed E-state index contributed by atoms with van der Waals surface area (Å²) in [6, 6.07) is 0. The van der Waals surface area contributed by atoms with Crippen LogP contribution in [0.1, 0.15) is 102 Å². The van der Waals surface area contributed by atoms with Crippen molar-refractivity contribution in [2.24, 2.45) is 0 Å². The van der Waals surface area contributed by atoms with Gasteiger partial charge in [-0.05, 0) is 174 Å². The van der Waals surface area contributed by atoms with Crippen molar-refractivity contribution in [1.82, 2.24) is 91.8 Å². The zero-order valence-electron chi connectivity index (χ0n) is 42.5. The molecule has 0 aliphatic heterocycles. The summed E-state index contributed by atoms with van der Waals surface area (Å²) in [5.41, 5.74) is 29.8. The zero-order chi connectivity index (χ0) is 48.0. The summed E-state index contributed by atoms with van der Waals surface area (Å²) in [7, 11) is 0. The number of aromatic amines is 9. The first-order valence-corrected chi connectivity index (χ1v) is 22.4. The molecule has 9 aromatic rings. The van der Waals surface area contributed by atoms with E-state index < -0.39 is 0 Å². The second-order valence-electron chi connectivity index (χ2n) is 17.9. The smallest absolute Gasteiger partial charge is 0.255 e.